The van der Waals surface area contributed by atoms with Crippen molar-refractivity contribution in [2.75, 3.05) is 6.50 Å². The lowest BCUT2D eigenvalue weighted by Gasteiger charge is -2.19. The minimum atomic E-state index is -3.62. The molecule has 2 aliphatic carbocycles. The first kappa shape index (κ1) is 6.68. The van der Waals surface area contributed by atoms with Gasteiger partial charge in [0.15, 0.2) is 0 Å². The van der Waals surface area contributed by atoms with E-state index < -0.39 is 48.9 Å². The van der Waals surface area contributed by atoms with Gasteiger partial charge in [-0.25, -0.2) is 0 Å². The third-order valence-corrected chi connectivity index (χ3v) is 4.26. The fraction of sp³-hybridized carbons (Fsp3) is 0.769. The second-order valence-electron chi connectivity index (χ2n) is 5.06. The molecule has 2 bridgehead atoms. The summed E-state index contributed by atoms with van der Waals surface area (Å²) in [7, 11) is 0. The van der Waals surface area contributed by atoms with Crippen LogP contribution in [-0.4, -0.2) is 34.3 Å². The van der Waals surface area contributed by atoms with Crippen LogP contribution < -0.4 is 0 Å². The molecule has 1 aliphatic heterocycles. The lowest BCUT2D eigenvalue weighted by atomic mass is 9.81. The molecule has 1 saturated heterocycles. The summed E-state index contributed by atoms with van der Waals surface area (Å²) in [6, 6.07) is 0. The van der Waals surface area contributed by atoms with Crippen molar-refractivity contribution in [1.29, 1.82) is 0 Å². The molecular formula is C13H17NO4. The van der Waals surface area contributed by atoms with Crippen LogP contribution in [0.5, 0.6) is 0 Å². The van der Waals surface area contributed by atoms with Crippen LogP contribution in [0, 0.1) is 23.7 Å². The van der Waals surface area contributed by atoms with Gasteiger partial charge in [0.2, 0.25) is 11.8 Å². The van der Waals surface area contributed by atoms with Gasteiger partial charge in [-0.1, -0.05) is 0 Å². The lowest BCUT2D eigenvalue weighted by Crippen LogP contribution is -2.33. The number of rotatable bonds is 4. The van der Waals surface area contributed by atoms with E-state index in [1.165, 1.54) is 0 Å². The minimum Gasteiger partial charge on any atom is -0.481 e. The van der Waals surface area contributed by atoms with Crippen molar-refractivity contribution >= 4 is 17.8 Å². The fourth-order valence-corrected chi connectivity index (χ4v) is 3.66. The molecule has 3 aliphatic rings. The van der Waals surface area contributed by atoms with Crippen LogP contribution in [0.4, 0.5) is 0 Å². The maximum absolute atomic E-state index is 12.6. The molecule has 5 nitrogen and oxygen atoms in total. The van der Waals surface area contributed by atoms with E-state index in [1.54, 1.807) is 0 Å². The highest BCUT2D eigenvalue weighted by atomic mass is 16.4. The number of carboxylic acid groups (broad SMARTS) is 1. The second-order valence-corrected chi connectivity index (χ2v) is 5.06. The smallest absolute Gasteiger partial charge is 0.303 e. The van der Waals surface area contributed by atoms with Gasteiger partial charge in [-0.05, 0) is 37.5 Å². The van der Waals surface area contributed by atoms with Crippen molar-refractivity contribution in [1.82, 2.24) is 4.90 Å². The summed E-state index contributed by atoms with van der Waals surface area (Å²) in [6.07, 6.45) is -5.01. The Hall–Kier alpha value is -1.39. The van der Waals surface area contributed by atoms with E-state index in [0.29, 0.717) is 6.42 Å². The number of likely N-dealkylation sites (tertiary alicyclic amines) is 1. The molecule has 0 unspecified atom stereocenters. The van der Waals surface area contributed by atoms with E-state index in [-0.39, 0.29) is 16.7 Å². The van der Waals surface area contributed by atoms with Crippen LogP contribution in [0.1, 0.15) is 40.2 Å². The van der Waals surface area contributed by atoms with E-state index in [2.05, 4.69) is 0 Å². The molecule has 2 saturated carbocycles. The largest absolute Gasteiger partial charge is 0.481 e. The molecule has 1 N–H and O–H groups in total. The molecule has 98 valence electrons. The summed E-state index contributed by atoms with van der Waals surface area (Å²) < 4.78 is 46.1. The number of carbonyl (C=O) groups excluding carboxylic acids is 2. The van der Waals surface area contributed by atoms with Crippen molar-refractivity contribution in [3.05, 3.63) is 0 Å². The first-order valence-electron chi connectivity index (χ1n) is 8.97. The van der Waals surface area contributed by atoms with E-state index >= 15 is 0 Å². The normalized spacial score (nSPS) is 44.8. The van der Waals surface area contributed by atoms with Gasteiger partial charge in [-0.3, -0.25) is 19.3 Å². The summed E-state index contributed by atoms with van der Waals surface area (Å²) in [6.45, 7) is -3.41. The third-order valence-electron chi connectivity index (χ3n) is 4.26. The molecule has 3 fully saturated rings. The standard InChI is InChI=1S/C13H17NO4/c15-9(16)2-1-5-14-12(17)10-7-3-4-8(6-7)11(10)13(14)18/h7-8,10-11H,1-6H2,(H,15,16)/t7-,8+,10+,11-/i1D2,2D2,5D2. The predicted molar refractivity (Wildman–Crippen MR) is 61.4 cm³/mol. The number of carboxylic acids is 1. The quantitative estimate of drug-likeness (QED) is 0.759. The van der Waals surface area contributed by atoms with Gasteiger partial charge in [-0.15, -0.1) is 0 Å². The maximum Gasteiger partial charge on any atom is 0.303 e. The molecule has 18 heavy (non-hydrogen) atoms. The van der Waals surface area contributed by atoms with Crippen LogP contribution in [0.3, 0.4) is 0 Å². The number of nitrogens with zero attached hydrogens (tertiary/aromatic N) is 1. The number of carbonyl (C=O) groups is 3. The average molecular weight is 257 g/mol. The summed E-state index contributed by atoms with van der Waals surface area (Å²) in [4.78, 5) is 36.4. The molecule has 0 aromatic rings. The van der Waals surface area contributed by atoms with E-state index in [0.717, 1.165) is 12.8 Å². The molecule has 1 heterocycles. The SMILES string of the molecule is [2H]C([2H])(C(=O)O)C([2H])([2H])C([2H])([2H])N1C(=O)[C@@H]2[C@H]3CC[C@H](C3)[C@@H]2C1=O. The number of imide groups is 1. The number of fused-ring (bicyclic) bond motifs is 5. The highest BCUT2D eigenvalue weighted by Crippen LogP contribution is 2.56. The number of amides is 2. The van der Waals surface area contributed by atoms with E-state index in [1.807, 2.05) is 0 Å². The predicted octanol–water partition coefficient (Wildman–Crippen LogP) is 0.882. The molecule has 2 amide bonds. The summed E-state index contributed by atoms with van der Waals surface area (Å²) in [5.74, 6) is -5.38. The van der Waals surface area contributed by atoms with Crippen molar-refractivity contribution in [2.24, 2.45) is 23.7 Å². The first-order chi connectivity index (χ1) is 10.9. The van der Waals surface area contributed by atoms with Crippen LogP contribution in [0.25, 0.3) is 0 Å². The third kappa shape index (κ3) is 1.56. The Labute approximate surface area is 114 Å². The molecule has 0 aromatic heterocycles. The minimum absolute atomic E-state index is 0.0423. The highest BCUT2D eigenvalue weighted by Gasteiger charge is 2.60. The van der Waals surface area contributed by atoms with Crippen LogP contribution >= 0.6 is 0 Å². The van der Waals surface area contributed by atoms with Gasteiger partial charge in [0.05, 0.1) is 11.8 Å². The number of hydrogen-bond donors (Lipinski definition) is 1. The van der Waals surface area contributed by atoms with Crippen LogP contribution in [0.15, 0.2) is 0 Å². The summed E-state index contributed by atoms with van der Waals surface area (Å²) in [5, 5.41) is 8.90. The Kier molecular flexibility index (Phi) is 1.51. The maximum atomic E-state index is 12.6. The summed E-state index contributed by atoms with van der Waals surface area (Å²) in [5.41, 5.74) is 0. The van der Waals surface area contributed by atoms with Crippen molar-refractivity contribution in [2.45, 2.75) is 32.0 Å². The van der Waals surface area contributed by atoms with Crippen molar-refractivity contribution < 1.29 is 27.7 Å². The first-order valence-corrected chi connectivity index (χ1v) is 5.97. The molecule has 0 aromatic carbocycles. The second kappa shape index (κ2) is 4.07. The molecular weight excluding hydrogens is 234 g/mol. The fourth-order valence-electron chi connectivity index (χ4n) is 3.66. The Morgan fingerprint density at radius 2 is 1.83 bits per heavy atom. The highest BCUT2D eigenvalue weighted by molar-refractivity contribution is 6.06. The Balaban J connectivity index is 2.00. The Morgan fingerprint density at radius 1 is 1.28 bits per heavy atom. The molecule has 0 radical (unpaired) electrons. The zero-order valence-corrected chi connectivity index (χ0v) is 9.55. The topological polar surface area (TPSA) is 74.7 Å². The van der Waals surface area contributed by atoms with Crippen molar-refractivity contribution in [3.8, 4) is 0 Å². The number of aliphatic carboxylic acids is 1. The zero-order chi connectivity index (χ0) is 18.2. The van der Waals surface area contributed by atoms with Gasteiger partial charge >= 0.3 is 5.97 Å². The monoisotopic (exact) mass is 257 g/mol. The van der Waals surface area contributed by atoms with Gasteiger partial charge < -0.3 is 5.11 Å². The van der Waals surface area contributed by atoms with Crippen LogP contribution in [0.2, 0.25) is 0 Å². The lowest BCUT2D eigenvalue weighted by molar-refractivity contribution is -0.142. The zero-order valence-electron chi connectivity index (χ0n) is 15.5. The van der Waals surface area contributed by atoms with Gasteiger partial charge in [0.25, 0.3) is 0 Å². The van der Waals surface area contributed by atoms with Gasteiger partial charge in [-0.2, -0.15) is 0 Å². The molecule has 3 rings (SSSR count). The summed E-state index contributed by atoms with van der Waals surface area (Å²) >= 11 is 0. The molecule has 0 spiro atoms. The van der Waals surface area contributed by atoms with Crippen molar-refractivity contribution in [3.63, 3.8) is 0 Å². The van der Waals surface area contributed by atoms with Gasteiger partial charge in [0.1, 0.15) is 0 Å². The number of hydrogen-bond acceptors (Lipinski definition) is 3. The Bertz CT molecular complexity index is 608. The molecule has 4 atom stereocenters. The van der Waals surface area contributed by atoms with E-state index in [9.17, 15) is 14.4 Å². The average Bonchev–Trinajstić information content (AvgIpc) is 3.12. The van der Waals surface area contributed by atoms with Gasteiger partial charge in [0, 0.05) is 21.1 Å². The van der Waals surface area contributed by atoms with Crippen LogP contribution in [-0.2, 0) is 14.4 Å². The molecule has 5 heteroatoms. The van der Waals surface area contributed by atoms with E-state index in [4.69, 9.17) is 13.3 Å². The Morgan fingerprint density at radius 3 is 2.33 bits per heavy atom.